The maximum absolute atomic E-state index is 6.39. The van der Waals surface area contributed by atoms with Gasteiger partial charge in [0.1, 0.15) is 0 Å². The smallest absolute Gasteiger partial charge is 0.0834 e. The predicted octanol–water partition coefficient (Wildman–Crippen LogP) is 4.13. The molecule has 3 heteroatoms. The highest BCUT2D eigenvalue weighted by atomic mass is 35.5. The van der Waals surface area contributed by atoms with Crippen LogP contribution in [-0.4, -0.2) is 25.3 Å². The number of hydrogen-bond acceptors (Lipinski definition) is 2. The van der Waals surface area contributed by atoms with Crippen LogP contribution >= 0.6 is 11.6 Å². The van der Waals surface area contributed by atoms with Crippen LogP contribution in [-0.2, 0) is 11.2 Å². The van der Waals surface area contributed by atoms with Crippen LogP contribution in [0.2, 0.25) is 5.02 Å². The Hall–Kier alpha value is -0.570. The molecule has 2 nitrogen and oxygen atoms in total. The van der Waals surface area contributed by atoms with Crippen LogP contribution in [0.4, 0.5) is 0 Å². The Morgan fingerprint density at radius 1 is 1.40 bits per heavy atom. The molecular formula is C17H26ClNO. The lowest BCUT2D eigenvalue weighted by Crippen LogP contribution is -2.57. The van der Waals surface area contributed by atoms with Gasteiger partial charge in [-0.1, -0.05) is 30.7 Å². The van der Waals surface area contributed by atoms with Crippen LogP contribution < -0.4 is 5.32 Å². The molecule has 0 radical (unpaired) electrons. The lowest BCUT2D eigenvalue weighted by atomic mass is 9.72. The monoisotopic (exact) mass is 295 g/mol. The molecule has 1 atom stereocenters. The molecule has 1 unspecified atom stereocenters. The van der Waals surface area contributed by atoms with Crippen LogP contribution in [0.15, 0.2) is 18.2 Å². The fourth-order valence-corrected chi connectivity index (χ4v) is 3.33. The summed E-state index contributed by atoms with van der Waals surface area (Å²) in [5.74, 6) is 0. The van der Waals surface area contributed by atoms with Crippen molar-refractivity contribution in [1.82, 2.24) is 5.32 Å². The lowest BCUT2D eigenvalue weighted by Gasteiger charge is -2.47. The minimum atomic E-state index is 0.00336. The first kappa shape index (κ1) is 15.8. The molecule has 1 N–H and O–H groups in total. The fourth-order valence-electron chi connectivity index (χ4n) is 3.02. The molecule has 1 fully saturated rings. The first-order valence-corrected chi connectivity index (χ1v) is 8.02. The third-order valence-corrected chi connectivity index (χ3v) is 4.87. The van der Waals surface area contributed by atoms with Gasteiger partial charge in [0.2, 0.25) is 0 Å². The molecule has 2 rings (SSSR count). The molecule has 112 valence electrons. The minimum absolute atomic E-state index is 0.00336. The van der Waals surface area contributed by atoms with Gasteiger partial charge in [-0.3, -0.25) is 0 Å². The van der Waals surface area contributed by atoms with Crippen molar-refractivity contribution in [2.24, 2.45) is 0 Å². The Morgan fingerprint density at radius 3 is 2.65 bits per heavy atom. The summed E-state index contributed by atoms with van der Waals surface area (Å²) in [7, 11) is 1.84. The van der Waals surface area contributed by atoms with Crippen molar-refractivity contribution in [3.05, 3.63) is 34.3 Å². The number of ether oxygens (including phenoxy) is 1. The highest BCUT2D eigenvalue weighted by Crippen LogP contribution is 2.39. The molecule has 1 aromatic carbocycles. The predicted molar refractivity (Wildman–Crippen MR) is 85.6 cm³/mol. The van der Waals surface area contributed by atoms with Crippen LogP contribution in [0.5, 0.6) is 0 Å². The number of hydrogen-bond donors (Lipinski definition) is 1. The van der Waals surface area contributed by atoms with Crippen molar-refractivity contribution >= 4 is 11.6 Å². The van der Waals surface area contributed by atoms with Crippen molar-refractivity contribution in [3.8, 4) is 0 Å². The number of nitrogens with one attached hydrogen (secondary N) is 1. The van der Waals surface area contributed by atoms with Gasteiger partial charge in [-0.05, 0) is 62.8 Å². The summed E-state index contributed by atoms with van der Waals surface area (Å²) >= 11 is 6.39. The average molecular weight is 296 g/mol. The third kappa shape index (κ3) is 3.36. The van der Waals surface area contributed by atoms with E-state index in [1.165, 1.54) is 17.5 Å². The number of rotatable bonds is 7. The topological polar surface area (TPSA) is 21.3 Å². The van der Waals surface area contributed by atoms with Gasteiger partial charge in [0.25, 0.3) is 0 Å². The summed E-state index contributed by atoms with van der Waals surface area (Å²) in [5.41, 5.74) is 2.43. The zero-order chi connectivity index (χ0) is 14.6. The molecular weight excluding hydrogens is 270 g/mol. The van der Waals surface area contributed by atoms with Crippen molar-refractivity contribution in [2.75, 3.05) is 13.7 Å². The first-order valence-electron chi connectivity index (χ1n) is 7.65. The minimum Gasteiger partial charge on any atom is -0.377 e. The quantitative estimate of drug-likeness (QED) is 0.817. The molecule has 0 amide bonds. The zero-order valence-corrected chi connectivity index (χ0v) is 13.6. The second-order valence-corrected chi connectivity index (χ2v) is 6.34. The van der Waals surface area contributed by atoms with Gasteiger partial charge in [0, 0.05) is 18.2 Å². The summed E-state index contributed by atoms with van der Waals surface area (Å²) in [5, 5.41) is 4.54. The highest BCUT2D eigenvalue weighted by Gasteiger charge is 2.44. The van der Waals surface area contributed by atoms with Crippen LogP contribution in [0.25, 0.3) is 0 Å². The molecule has 0 aliphatic heterocycles. The van der Waals surface area contributed by atoms with E-state index in [-0.39, 0.29) is 5.60 Å². The Balaban J connectivity index is 2.14. The first-order chi connectivity index (χ1) is 9.61. The molecule has 20 heavy (non-hydrogen) atoms. The van der Waals surface area contributed by atoms with Gasteiger partial charge in [-0.25, -0.2) is 0 Å². The Labute approximate surface area is 127 Å². The SMILES string of the molecule is CCCNC(Cc1ccc(C)cc1Cl)C1(OC)CCC1. The zero-order valence-electron chi connectivity index (χ0n) is 12.8. The molecule has 0 spiro atoms. The highest BCUT2D eigenvalue weighted by molar-refractivity contribution is 6.31. The maximum Gasteiger partial charge on any atom is 0.0834 e. The molecule has 1 saturated carbocycles. The standard InChI is InChI=1S/C17H26ClNO/c1-4-10-19-16(17(20-3)8-5-9-17)12-14-7-6-13(2)11-15(14)18/h6-7,11,16,19H,4-5,8-10,12H2,1-3H3. The number of benzene rings is 1. The van der Waals surface area contributed by atoms with Crippen molar-refractivity contribution < 1.29 is 4.74 Å². The van der Waals surface area contributed by atoms with Crippen molar-refractivity contribution in [2.45, 2.75) is 57.6 Å². The van der Waals surface area contributed by atoms with E-state index in [1.54, 1.807) is 0 Å². The van der Waals surface area contributed by atoms with Gasteiger partial charge >= 0.3 is 0 Å². The normalized spacial score (nSPS) is 18.6. The second-order valence-electron chi connectivity index (χ2n) is 5.93. The van der Waals surface area contributed by atoms with Crippen molar-refractivity contribution in [1.29, 1.82) is 0 Å². The van der Waals surface area contributed by atoms with E-state index < -0.39 is 0 Å². The Bertz CT molecular complexity index is 437. The summed E-state index contributed by atoms with van der Waals surface area (Å²) < 4.78 is 5.86. The largest absolute Gasteiger partial charge is 0.377 e. The third-order valence-electron chi connectivity index (χ3n) is 4.51. The van der Waals surface area contributed by atoms with E-state index in [1.807, 2.05) is 13.2 Å². The number of halogens is 1. The maximum atomic E-state index is 6.39. The van der Waals surface area contributed by atoms with Crippen LogP contribution in [0.3, 0.4) is 0 Å². The number of aryl methyl sites for hydroxylation is 1. The lowest BCUT2D eigenvalue weighted by molar-refractivity contribution is -0.0980. The van der Waals surface area contributed by atoms with E-state index >= 15 is 0 Å². The fraction of sp³-hybridized carbons (Fsp3) is 0.647. The van der Waals surface area contributed by atoms with E-state index in [9.17, 15) is 0 Å². The summed E-state index contributed by atoms with van der Waals surface area (Å²) in [6.45, 7) is 5.30. The van der Waals surface area contributed by atoms with Gasteiger partial charge in [0.05, 0.1) is 5.60 Å². The average Bonchev–Trinajstić information content (AvgIpc) is 2.37. The van der Waals surface area contributed by atoms with Crippen molar-refractivity contribution in [3.63, 3.8) is 0 Å². The summed E-state index contributed by atoms with van der Waals surface area (Å²) in [4.78, 5) is 0. The van der Waals surface area contributed by atoms with Crippen LogP contribution in [0.1, 0.15) is 43.7 Å². The van der Waals surface area contributed by atoms with Gasteiger partial charge in [-0.2, -0.15) is 0 Å². The van der Waals surface area contributed by atoms with E-state index in [4.69, 9.17) is 16.3 Å². The molecule has 0 aromatic heterocycles. The van der Waals surface area contributed by atoms with Gasteiger partial charge < -0.3 is 10.1 Å². The van der Waals surface area contributed by atoms with Crippen LogP contribution in [0, 0.1) is 6.92 Å². The molecule has 0 heterocycles. The molecule has 0 bridgehead atoms. The molecule has 0 saturated heterocycles. The van der Waals surface area contributed by atoms with Gasteiger partial charge in [-0.15, -0.1) is 0 Å². The second kappa shape index (κ2) is 6.93. The number of methoxy groups -OCH3 is 1. The van der Waals surface area contributed by atoms with Gasteiger partial charge in [0.15, 0.2) is 0 Å². The summed E-state index contributed by atoms with van der Waals surface area (Å²) in [6.07, 6.45) is 5.63. The van der Waals surface area contributed by atoms with E-state index in [0.29, 0.717) is 6.04 Å². The summed E-state index contributed by atoms with van der Waals surface area (Å²) in [6, 6.07) is 6.69. The Morgan fingerprint density at radius 2 is 2.15 bits per heavy atom. The molecule has 1 aromatic rings. The van der Waals surface area contributed by atoms with E-state index in [0.717, 1.165) is 37.3 Å². The molecule has 1 aliphatic rings. The Kier molecular flexibility index (Phi) is 5.48. The molecule has 1 aliphatic carbocycles. The van der Waals surface area contributed by atoms with E-state index in [2.05, 4.69) is 31.3 Å².